The molecule has 0 aromatic carbocycles. The number of carbonyl (C=O) groups excluding carboxylic acids is 1. The fraction of sp³-hybridized carbons (Fsp3) is 0.909. The van der Waals surface area contributed by atoms with E-state index in [2.05, 4.69) is 22.6 Å². The highest BCUT2D eigenvalue weighted by Gasteiger charge is 2.22. The summed E-state index contributed by atoms with van der Waals surface area (Å²) in [5.41, 5.74) is 0. The second-order valence-corrected chi connectivity index (χ2v) is 4.85. The zero-order valence-corrected chi connectivity index (χ0v) is 9.46. The van der Waals surface area contributed by atoms with Crippen molar-refractivity contribution in [1.82, 2.24) is 15.5 Å². The average molecular weight is 211 g/mol. The molecule has 4 nitrogen and oxygen atoms in total. The Morgan fingerprint density at radius 3 is 2.40 bits per heavy atom. The van der Waals surface area contributed by atoms with Crippen molar-refractivity contribution in [2.45, 2.75) is 44.2 Å². The summed E-state index contributed by atoms with van der Waals surface area (Å²) in [6.07, 6.45) is 5.90. The molecule has 2 fully saturated rings. The van der Waals surface area contributed by atoms with Crippen molar-refractivity contribution in [2.24, 2.45) is 0 Å². The molecule has 1 saturated carbocycles. The molecule has 0 spiro atoms. The van der Waals surface area contributed by atoms with Gasteiger partial charge in [0.1, 0.15) is 0 Å². The zero-order chi connectivity index (χ0) is 10.7. The summed E-state index contributed by atoms with van der Waals surface area (Å²) in [4.78, 5) is 13.9. The van der Waals surface area contributed by atoms with E-state index < -0.39 is 0 Å². The largest absolute Gasteiger partial charge is 0.335 e. The smallest absolute Gasteiger partial charge is 0.315 e. The summed E-state index contributed by atoms with van der Waals surface area (Å²) >= 11 is 0. The lowest BCUT2D eigenvalue weighted by molar-refractivity contribution is 0.233. The molecule has 1 saturated heterocycles. The first-order valence-corrected chi connectivity index (χ1v) is 5.99. The van der Waals surface area contributed by atoms with Crippen LogP contribution in [0.3, 0.4) is 0 Å². The van der Waals surface area contributed by atoms with Gasteiger partial charge in [0.2, 0.25) is 0 Å². The topological polar surface area (TPSA) is 44.4 Å². The van der Waals surface area contributed by atoms with E-state index in [-0.39, 0.29) is 6.03 Å². The van der Waals surface area contributed by atoms with Crippen LogP contribution in [0.1, 0.15) is 32.1 Å². The number of nitrogens with zero attached hydrogens (tertiary/aromatic N) is 1. The molecule has 0 unspecified atom stereocenters. The van der Waals surface area contributed by atoms with Crippen LogP contribution in [0, 0.1) is 0 Å². The van der Waals surface area contributed by atoms with Crippen molar-refractivity contribution < 1.29 is 4.79 Å². The Hall–Kier alpha value is -0.770. The maximum Gasteiger partial charge on any atom is 0.315 e. The van der Waals surface area contributed by atoms with Crippen LogP contribution in [0.25, 0.3) is 0 Å². The first kappa shape index (κ1) is 10.7. The lowest BCUT2D eigenvalue weighted by Crippen LogP contribution is -2.46. The molecule has 86 valence electrons. The minimum absolute atomic E-state index is 0.0298. The van der Waals surface area contributed by atoms with Crippen LogP contribution >= 0.6 is 0 Å². The molecule has 4 heteroatoms. The van der Waals surface area contributed by atoms with Crippen molar-refractivity contribution in [3.63, 3.8) is 0 Å². The van der Waals surface area contributed by atoms with E-state index in [1.807, 2.05) is 0 Å². The van der Waals surface area contributed by atoms with Crippen LogP contribution in [-0.4, -0.2) is 43.2 Å². The van der Waals surface area contributed by atoms with Gasteiger partial charge in [-0.3, -0.25) is 0 Å². The minimum atomic E-state index is 0.0298. The van der Waals surface area contributed by atoms with Gasteiger partial charge in [-0.05, 0) is 32.9 Å². The van der Waals surface area contributed by atoms with Crippen LogP contribution < -0.4 is 10.6 Å². The second-order valence-electron chi connectivity index (χ2n) is 4.85. The summed E-state index contributed by atoms with van der Waals surface area (Å²) in [5.74, 6) is 0. The van der Waals surface area contributed by atoms with Crippen LogP contribution in [-0.2, 0) is 0 Å². The molecule has 1 aliphatic heterocycles. The van der Waals surface area contributed by atoms with Gasteiger partial charge < -0.3 is 15.5 Å². The number of likely N-dealkylation sites (N-methyl/N-ethyl adjacent to an activating group) is 1. The molecule has 0 radical (unpaired) electrons. The number of amides is 2. The van der Waals surface area contributed by atoms with Crippen LogP contribution in [0.15, 0.2) is 0 Å². The van der Waals surface area contributed by atoms with E-state index >= 15 is 0 Å². The van der Waals surface area contributed by atoms with E-state index in [1.165, 1.54) is 12.8 Å². The molecule has 1 heterocycles. The molecule has 15 heavy (non-hydrogen) atoms. The standard InChI is InChI=1S/C11H21N3O/c1-14-7-6-10(8-14)13-11(15)12-9-4-2-3-5-9/h9-10H,2-8H2,1H3,(H2,12,13,15)/t10-/m1/s1. The van der Waals surface area contributed by atoms with Crippen LogP contribution in [0.2, 0.25) is 0 Å². The molecule has 0 aromatic rings. The first-order chi connectivity index (χ1) is 7.24. The van der Waals surface area contributed by atoms with Gasteiger partial charge in [0, 0.05) is 18.6 Å². The summed E-state index contributed by atoms with van der Waals surface area (Å²) in [5, 5.41) is 6.10. The third-order valence-corrected chi connectivity index (χ3v) is 3.42. The third kappa shape index (κ3) is 3.09. The number of likely N-dealkylation sites (tertiary alicyclic amines) is 1. The van der Waals surface area contributed by atoms with E-state index in [9.17, 15) is 4.79 Å². The first-order valence-electron chi connectivity index (χ1n) is 5.99. The van der Waals surface area contributed by atoms with Crippen molar-refractivity contribution >= 4 is 6.03 Å². The number of rotatable bonds is 2. The molecule has 2 N–H and O–H groups in total. The Bertz CT molecular complexity index is 226. The normalized spacial score (nSPS) is 28.2. The van der Waals surface area contributed by atoms with Crippen molar-refractivity contribution in [2.75, 3.05) is 20.1 Å². The van der Waals surface area contributed by atoms with Gasteiger partial charge in [-0.1, -0.05) is 12.8 Å². The van der Waals surface area contributed by atoms with E-state index in [0.29, 0.717) is 12.1 Å². The molecular weight excluding hydrogens is 190 g/mol. The fourth-order valence-electron chi connectivity index (χ4n) is 2.54. The van der Waals surface area contributed by atoms with Crippen molar-refractivity contribution in [3.05, 3.63) is 0 Å². The fourth-order valence-corrected chi connectivity index (χ4v) is 2.54. The highest BCUT2D eigenvalue weighted by Crippen LogP contribution is 2.17. The number of carbonyl (C=O) groups is 1. The quantitative estimate of drug-likeness (QED) is 0.713. The Morgan fingerprint density at radius 2 is 1.80 bits per heavy atom. The van der Waals surface area contributed by atoms with Gasteiger partial charge in [0.25, 0.3) is 0 Å². The second kappa shape index (κ2) is 4.84. The number of hydrogen-bond acceptors (Lipinski definition) is 2. The third-order valence-electron chi connectivity index (χ3n) is 3.42. The van der Waals surface area contributed by atoms with Gasteiger partial charge in [-0.2, -0.15) is 0 Å². The molecule has 0 aromatic heterocycles. The Kier molecular flexibility index (Phi) is 3.46. The Morgan fingerprint density at radius 1 is 1.13 bits per heavy atom. The summed E-state index contributed by atoms with van der Waals surface area (Å²) in [6, 6.07) is 0.794. The lowest BCUT2D eigenvalue weighted by atomic mass is 10.2. The van der Waals surface area contributed by atoms with E-state index in [1.54, 1.807) is 0 Å². The Labute approximate surface area is 91.4 Å². The van der Waals surface area contributed by atoms with Crippen LogP contribution in [0.5, 0.6) is 0 Å². The summed E-state index contributed by atoms with van der Waals surface area (Å²) < 4.78 is 0. The SMILES string of the molecule is CN1CC[C@@H](NC(=O)NC2CCCC2)C1. The summed E-state index contributed by atoms with van der Waals surface area (Å²) in [6.45, 7) is 2.08. The minimum Gasteiger partial charge on any atom is -0.335 e. The van der Waals surface area contributed by atoms with Gasteiger partial charge in [-0.15, -0.1) is 0 Å². The number of urea groups is 1. The molecule has 1 atom stereocenters. The lowest BCUT2D eigenvalue weighted by Gasteiger charge is -2.16. The molecule has 1 aliphatic carbocycles. The molecule has 2 amide bonds. The summed E-state index contributed by atoms with van der Waals surface area (Å²) in [7, 11) is 2.09. The van der Waals surface area contributed by atoms with E-state index in [4.69, 9.17) is 0 Å². The van der Waals surface area contributed by atoms with E-state index in [0.717, 1.165) is 32.4 Å². The van der Waals surface area contributed by atoms with Crippen molar-refractivity contribution in [3.8, 4) is 0 Å². The highest BCUT2D eigenvalue weighted by atomic mass is 16.2. The van der Waals surface area contributed by atoms with Crippen LogP contribution in [0.4, 0.5) is 4.79 Å². The van der Waals surface area contributed by atoms with Gasteiger partial charge in [0.15, 0.2) is 0 Å². The van der Waals surface area contributed by atoms with Gasteiger partial charge in [-0.25, -0.2) is 4.79 Å². The maximum absolute atomic E-state index is 11.6. The zero-order valence-electron chi connectivity index (χ0n) is 9.46. The van der Waals surface area contributed by atoms with Crippen molar-refractivity contribution in [1.29, 1.82) is 0 Å². The number of hydrogen-bond donors (Lipinski definition) is 2. The average Bonchev–Trinajstić information content (AvgIpc) is 2.77. The predicted octanol–water partition coefficient (Wildman–Crippen LogP) is 0.932. The van der Waals surface area contributed by atoms with Gasteiger partial charge in [0.05, 0.1) is 0 Å². The monoisotopic (exact) mass is 211 g/mol. The number of nitrogens with one attached hydrogen (secondary N) is 2. The molecule has 2 aliphatic rings. The highest BCUT2D eigenvalue weighted by molar-refractivity contribution is 5.74. The molecule has 0 bridgehead atoms. The maximum atomic E-state index is 11.6. The molecule has 2 rings (SSSR count). The molecular formula is C11H21N3O. The Balaban J connectivity index is 1.67. The predicted molar refractivity (Wildman–Crippen MR) is 59.8 cm³/mol. The van der Waals surface area contributed by atoms with Gasteiger partial charge >= 0.3 is 6.03 Å².